The lowest BCUT2D eigenvalue weighted by atomic mass is 10.00. The molecule has 6 rings (SSSR count). The van der Waals surface area contributed by atoms with E-state index in [1.54, 1.807) is 11.8 Å². The summed E-state index contributed by atoms with van der Waals surface area (Å²) in [5.74, 6) is 2.77. The van der Waals surface area contributed by atoms with Gasteiger partial charge in [0.15, 0.2) is 17.3 Å². The van der Waals surface area contributed by atoms with E-state index in [-0.39, 0.29) is 11.6 Å². The van der Waals surface area contributed by atoms with Crippen LogP contribution in [0.15, 0.2) is 47.3 Å². The minimum absolute atomic E-state index is 0.159. The SMILES string of the molecule is COc1ccc(Cn2nnnc2C(c2cc3cc4c(cc3[nH]c2=O)OCCO4)N2CCCCC2)cc1. The van der Waals surface area contributed by atoms with Crippen molar-refractivity contribution in [1.29, 1.82) is 0 Å². The largest absolute Gasteiger partial charge is 0.497 e. The molecule has 2 aromatic heterocycles. The van der Waals surface area contributed by atoms with Gasteiger partial charge >= 0.3 is 0 Å². The van der Waals surface area contributed by atoms with E-state index in [1.165, 1.54) is 6.42 Å². The van der Waals surface area contributed by atoms with Crippen molar-refractivity contribution in [3.05, 3.63) is 69.8 Å². The molecule has 1 saturated heterocycles. The highest BCUT2D eigenvalue weighted by Gasteiger charge is 2.31. The van der Waals surface area contributed by atoms with Crippen molar-refractivity contribution in [3.63, 3.8) is 0 Å². The molecule has 0 saturated carbocycles. The van der Waals surface area contributed by atoms with E-state index in [4.69, 9.17) is 14.2 Å². The Balaban J connectivity index is 1.43. The Bertz CT molecular complexity index is 1420. The fourth-order valence-corrected chi connectivity index (χ4v) is 5.06. The zero-order valence-corrected chi connectivity index (χ0v) is 20.1. The molecule has 10 heteroatoms. The molecule has 1 unspecified atom stereocenters. The van der Waals surface area contributed by atoms with E-state index in [2.05, 4.69) is 25.4 Å². The standard InChI is InChI=1S/C26H28N6O4/c1-34-19-7-5-17(6-8-19)16-32-25(28-29-30-32)24(31-9-3-2-4-10-31)20-13-18-14-22-23(36-12-11-35-22)15-21(18)27-26(20)33/h5-8,13-15,24H,2-4,9-12,16H2,1H3,(H,27,33). The van der Waals surface area contributed by atoms with Crippen molar-refractivity contribution < 1.29 is 14.2 Å². The summed E-state index contributed by atoms with van der Waals surface area (Å²) in [7, 11) is 1.65. The predicted molar refractivity (Wildman–Crippen MR) is 133 cm³/mol. The van der Waals surface area contributed by atoms with Crippen LogP contribution in [0.1, 0.15) is 42.3 Å². The number of nitrogens with zero attached hydrogens (tertiary/aromatic N) is 5. The van der Waals surface area contributed by atoms with Gasteiger partial charge in [0.2, 0.25) is 0 Å². The summed E-state index contributed by atoms with van der Waals surface area (Å²) in [6, 6.07) is 13.2. The lowest BCUT2D eigenvalue weighted by Crippen LogP contribution is -2.38. The molecule has 0 spiro atoms. The summed E-state index contributed by atoms with van der Waals surface area (Å²) in [4.78, 5) is 18.9. The van der Waals surface area contributed by atoms with Crippen molar-refractivity contribution in [2.75, 3.05) is 33.4 Å². The van der Waals surface area contributed by atoms with Gasteiger partial charge in [-0.3, -0.25) is 9.69 Å². The van der Waals surface area contributed by atoms with Gasteiger partial charge in [-0.25, -0.2) is 4.68 Å². The molecular formula is C26H28N6O4. The van der Waals surface area contributed by atoms with E-state index in [1.807, 2.05) is 42.5 Å². The summed E-state index contributed by atoms with van der Waals surface area (Å²) in [5.41, 5.74) is 2.21. The van der Waals surface area contributed by atoms with Crippen molar-refractivity contribution >= 4 is 10.9 Å². The second-order valence-corrected chi connectivity index (χ2v) is 9.18. The number of H-pyrrole nitrogens is 1. The van der Waals surface area contributed by atoms with Gasteiger partial charge in [0, 0.05) is 17.0 Å². The smallest absolute Gasteiger partial charge is 0.253 e. The number of nitrogens with one attached hydrogen (secondary N) is 1. The van der Waals surface area contributed by atoms with Crippen LogP contribution >= 0.6 is 0 Å². The Labute approximate surface area is 207 Å². The Hall–Kier alpha value is -3.92. The number of methoxy groups -OCH3 is 1. The van der Waals surface area contributed by atoms with Crippen molar-refractivity contribution in [2.24, 2.45) is 0 Å². The van der Waals surface area contributed by atoms with Gasteiger partial charge in [-0.05, 0) is 66.2 Å². The van der Waals surface area contributed by atoms with E-state index in [0.29, 0.717) is 48.2 Å². The van der Waals surface area contributed by atoms with Crippen molar-refractivity contribution in [2.45, 2.75) is 31.8 Å². The number of benzene rings is 2. The molecule has 0 radical (unpaired) electrons. The molecular weight excluding hydrogens is 460 g/mol. The zero-order chi connectivity index (χ0) is 24.5. The normalized spacial score (nSPS) is 16.7. The zero-order valence-electron chi connectivity index (χ0n) is 20.1. The molecule has 1 N–H and O–H groups in total. The van der Waals surface area contributed by atoms with Crippen LogP contribution in [-0.4, -0.2) is 63.5 Å². The molecule has 0 aliphatic carbocycles. The Morgan fingerprint density at radius 2 is 1.78 bits per heavy atom. The molecule has 186 valence electrons. The fourth-order valence-electron chi connectivity index (χ4n) is 5.06. The topological polar surface area (TPSA) is 107 Å². The summed E-state index contributed by atoms with van der Waals surface area (Å²) < 4.78 is 18.5. The van der Waals surface area contributed by atoms with Gasteiger partial charge < -0.3 is 19.2 Å². The van der Waals surface area contributed by atoms with Crippen LogP contribution in [-0.2, 0) is 6.54 Å². The van der Waals surface area contributed by atoms with Gasteiger partial charge in [0.1, 0.15) is 25.0 Å². The molecule has 0 bridgehead atoms. The van der Waals surface area contributed by atoms with Crippen LogP contribution in [0.4, 0.5) is 0 Å². The van der Waals surface area contributed by atoms with Crippen LogP contribution in [0, 0.1) is 0 Å². The molecule has 2 aliphatic rings. The first-order valence-corrected chi connectivity index (χ1v) is 12.3. The van der Waals surface area contributed by atoms with Gasteiger partial charge in [-0.1, -0.05) is 18.6 Å². The quantitative estimate of drug-likeness (QED) is 0.442. The molecule has 1 fully saturated rings. The highest BCUT2D eigenvalue weighted by molar-refractivity contribution is 5.83. The average molecular weight is 489 g/mol. The number of hydrogen-bond donors (Lipinski definition) is 1. The first-order valence-electron chi connectivity index (χ1n) is 12.3. The number of pyridine rings is 1. The van der Waals surface area contributed by atoms with Gasteiger partial charge in [0.25, 0.3) is 5.56 Å². The maximum Gasteiger partial charge on any atom is 0.253 e. The number of likely N-dealkylation sites (tertiary alicyclic amines) is 1. The van der Waals surface area contributed by atoms with Gasteiger partial charge in [-0.15, -0.1) is 5.10 Å². The van der Waals surface area contributed by atoms with E-state index < -0.39 is 0 Å². The first kappa shape index (κ1) is 22.5. The molecule has 36 heavy (non-hydrogen) atoms. The molecule has 4 aromatic rings. The summed E-state index contributed by atoms with van der Waals surface area (Å²) in [6.07, 6.45) is 3.32. The lowest BCUT2D eigenvalue weighted by molar-refractivity contribution is 0.172. The third-order valence-corrected chi connectivity index (χ3v) is 6.88. The van der Waals surface area contributed by atoms with Crippen molar-refractivity contribution in [1.82, 2.24) is 30.1 Å². The van der Waals surface area contributed by atoms with E-state index >= 15 is 0 Å². The third kappa shape index (κ3) is 4.28. The number of fused-ring (bicyclic) bond motifs is 2. The third-order valence-electron chi connectivity index (χ3n) is 6.88. The number of aromatic amines is 1. The van der Waals surface area contributed by atoms with E-state index in [9.17, 15) is 4.79 Å². The molecule has 1 atom stereocenters. The Morgan fingerprint density at radius 3 is 2.53 bits per heavy atom. The van der Waals surface area contributed by atoms with Crippen LogP contribution in [0.3, 0.4) is 0 Å². The monoisotopic (exact) mass is 488 g/mol. The van der Waals surface area contributed by atoms with Crippen LogP contribution < -0.4 is 19.8 Å². The predicted octanol–water partition coefficient (Wildman–Crippen LogP) is 2.92. The van der Waals surface area contributed by atoms with Crippen LogP contribution in [0.2, 0.25) is 0 Å². The Morgan fingerprint density at radius 1 is 1.03 bits per heavy atom. The molecule has 2 aliphatic heterocycles. The average Bonchev–Trinajstić information content (AvgIpc) is 3.36. The molecule has 4 heterocycles. The maximum absolute atomic E-state index is 13.5. The number of hydrogen-bond acceptors (Lipinski definition) is 8. The number of rotatable bonds is 6. The van der Waals surface area contributed by atoms with Crippen molar-refractivity contribution in [3.8, 4) is 17.2 Å². The summed E-state index contributed by atoms with van der Waals surface area (Å²) in [5, 5.41) is 13.6. The minimum atomic E-state index is -0.375. The number of tetrazole rings is 1. The molecule has 10 nitrogen and oxygen atoms in total. The van der Waals surface area contributed by atoms with Crippen LogP contribution in [0.25, 0.3) is 10.9 Å². The number of ether oxygens (including phenoxy) is 3. The minimum Gasteiger partial charge on any atom is -0.497 e. The Kier molecular flexibility index (Phi) is 6.02. The number of piperidine rings is 1. The summed E-state index contributed by atoms with van der Waals surface area (Å²) in [6.45, 7) is 3.23. The van der Waals surface area contributed by atoms with Gasteiger partial charge in [-0.2, -0.15) is 0 Å². The lowest BCUT2D eigenvalue weighted by Gasteiger charge is -2.33. The highest BCUT2D eigenvalue weighted by atomic mass is 16.6. The molecule has 2 aromatic carbocycles. The fraction of sp³-hybridized carbons (Fsp3) is 0.385. The summed E-state index contributed by atoms with van der Waals surface area (Å²) >= 11 is 0. The second kappa shape index (κ2) is 9.62. The van der Waals surface area contributed by atoms with Gasteiger partial charge in [0.05, 0.1) is 19.2 Å². The molecule has 0 amide bonds. The van der Waals surface area contributed by atoms with E-state index in [0.717, 1.165) is 42.6 Å². The second-order valence-electron chi connectivity index (χ2n) is 9.18. The highest BCUT2D eigenvalue weighted by Crippen LogP contribution is 2.35. The maximum atomic E-state index is 13.5. The number of aromatic nitrogens is 5. The van der Waals surface area contributed by atoms with Crippen LogP contribution in [0.5, 0.6) is 17.2 Å². The first-order chi connectivity index (χ1) is 17.7.